The summed E-state index contributed by atoms with van der Waals surface area (Å²) < 4.78 is 7.57. The lowest BCUT2D eigenvalue weighted by molar-refractivity contribution is 0.401. The molecule has 3 heteroatoms. The van der Waals surface area contributed by atoms with E-state index in [0.717, 1.165) is 12.3 Å². The summed E-state index contributed by atoms with van der Waals surface area (Å²) in [4.78, 5) is 0. The van der Waals surface area contributed by atoms with Crippen LogP contribution in [0.3, 0.4) is 0 Å². The lowest BCUT2D eigenvalue weighted by Gasteiger charge is -2.18. The van der Waals surface area contributed by atoms with Crippen molar-refractivity contribution in [2.45, 2.75) is 26.4 Å². The number of nitrogens with zero attached hydrogens (tertiary/aromatic N) is 1. The van der Waals surface area contributed by atoms with Crippen LogP contribution in [-0.4, -0.2) is 11.7 Å². The molecule has 2 rings (SSSR count). The third-order valence-corrected chi connectivity index (χ3v) is 3.49. The largest absolute Gasteiger partial charge is 0.496 e. The van der Waals surface area contributed by atoms with Crippen LogP contribution in [0, 0.1) is 6.92 Å². The SMILES string of the molecule is COc1ccc(C)cc1[C@@H](C)NCc1cccn1C. The van der Waals surface area contributed by atoms with Crippen molar-refractivity contribution in [3.8, 4) is 5.75 Å². The fraction of sp³-hybridized carbons (Fsp3) is 0.375. The number of hydrogen-bond donors (Lipinski definition) is 1. The van der Waals surface area contributed by atoms with Gasteiger partial charge in [-0.05, 0) is 32.0 Å². The van der Waals surface area contributed by atoms with Crippen LogP contribution in [0.4, 0.5) is 0 Å². The van der Waals surface area contributed by atoms with Gasteiger partial charge in [-0.25, -0.2) is 0 Å². The summed E-state index contributed by atoms with van der Waals surface area (Å²) >= 11 is 0. The van der Waals surface area contributed by atoms with Gasteiger partial charge in [-0.15, -0.1) is 0 Å². The van der Waals surface area contributed by atoms with E-state index in [1.165, 1.54) is 16.8 Å². The summed E-state index contributed by atoms with van der Waals surface area (Å²) in [5.74, 6) is 0.942. The Balaban J connectivity index is 2.09. The third-order valence-electron chi connectivity index (χ3n) is 3.49. The predicted molar refractivity (Wildman–Crippen MR) is 78.4 cm³/mol. The van der Waals surface area contributed by atoms with Crippen molar-refractivity contribution in [2.75, 3.05) is 7.11 Å². The van der Waals surface area contributed by atoms with E-state index in [1.54, 1.807) is 7.11 Å². The smallest absolute Gasteiger partial charge is 0.123 e. The molecule has 0 spiro atoms. The van der Waals surface area contributed by atoms with Crippen LogP contribution < -0.4 is 10.1 Å². The van der Waals surface area contributed by atoms with E-state index < -0.39 is 0 Å². The summed E-state index contributed by atoms with van der Waals surface area (Å²) in [6.45, 7) is 5.12. The van der Waals surface area contributed by atoms with Crippen molar-refractivity contribution in [1.82, 2.24) is 9.88 Å². The Morgan fingerprint density at radius 1 is 1.32 bits per heavy atom. The first-order valence-corrected chi connectivity index (χ1v) is 6.60. The molecular formula is C16H22N2O. The van der Waals surface area contributed by atoms with E-state index in [9.17, 15) is 0 Å². The van der Waals surface area contributed by atoms with Crippen LogP contribution in [0.25, 0.3) is 0 Å². The number of ether oxygens (including phenoxy) is 1. The molecule has 0 amide bonds. The second-order valence-electron chi connectivity index (χ2n) is 4.96. The highest BCUT2D eigenvalue weighted by Crippen LogP contribution is 2.26. The highest BCUT2D eigenvalue weighted by molar-refractivity contribution is 5.38. The first kappa shape index (κ1) is 13.7. The molecule has 19 heavy (non-hydrogen) atoms. The zero-order valence-electron chi connectivity index (χ0n) is 12.1. The van der Waals surface area contributed by atoms with Crippen LogP contribution >= 0.6 is 0 Å². The van der Waals surface area contributed by atoms with Crippen molar-refractivity contribution >= 4 is 0 Å². The van der Waals surface area contributed by atoms with Crippen LogP contribution in [0.2, 0.25) is 0 Å². The van der Waals surface area contributed by atoms with E-state index in [-0.39, 0.29) is 6.04 Å². The molecule has 0 aliphatic carbocycles. The van der Waals surface area contributed by atoms with E-state index in [0.29, 0.717) is 0 Å². The van der Waals surface area contributed by atoms with Crippen LogP contribution in [0.15, 0.2) is 36.5 Å². The highest BCUT2D eigenvalue weighted by Gasteiger charge is 2.11. The number of aryl methyl sites for hydroxylation is 2. The Kier molecular flexibility index (Phi) is 4.27. The van der Waals surface area contributed by atoms with Crippen LogP contribution in [0.5, 0.6) is 5.75 Å². The number of aromatic nitrogens is 1. The Morgan fingerprint density at radius 2 is 2.11 bits per heavy atom. The Morgan fingerprint density at radius 3 is 2.74 bits per heavy atom. The summed E-state index contributed by atoms with van der Waals surface area (Å²) in [7, 11) is 3.78. The first-order chi connectivity index (χ1) is 9.11. The number of nitrogens with one attached hydrogen (secondary N) is 1. The second kappa shape index (κ2) is 5.93. The van der Waals surface area contributed by atoms with E-state index in [4.69, 9.17) is 4.74 Å². The normalized spacial score (nSPS) is 12.4. The summed E-state index contributed by atoms with van der Waals surface area (Å²) in [5.41, 5.74) is 3.73. The number of rotatable bonds is 5. The van der Waals surface area contributed by atoms with Gasteiger partial charge in [0.2, 0.25) is 0 Å². The minimum absolute atomic E-state index is 0.254. The van der Waals surface area contributed by atoms with Gasteiger partial charge in [0.1, 0.15) is 5.75 Å². The summed E-state index contributed by atoms with van der Waals surface area (Å²) in [6, 6.07) is 10.7. The highest BCUT2D eigenvalue weighted by atomic mass is 16.5. The number of hydrogen-bond acceptors (Lipinski definition) is 2. The fourth-order valence-corrected chi connectivity index (χ4v) is 2.24. The minimum Gasteiger partial charge on any atom is -0.496 e. The quantitative estimate of drug-likeness (QED) is 0.891. The second-order valence-corrected chi connectivity index (χ2v) is 4.96. The molecule has 2 aromatic rings. The summed E-state index contributed by atoms with van der Waals surface area (Å²) in [5, 5.41) is 3.54. The van der Waals surface area contributed by atoms with Gasteiger partial charge < -0.3 is 14.6 Å². The Labute approximate surface area is 115 Å². The molecular weight excluding hydrogens is 236 g/mol. The number of benzene rings is 1. The molecule has 1 aromatic heterocycles. The van der Waals surface area contributed by atoms with Gasteiger partial charge in [0.15, 0.2) is 0 Å². The van der Waals surface area contributed by atoms with Gasteiger partial charge in [-0.3, -0.25) is 0 Å². The average molecular weight is 258 g/mol. The van der Waals surface area contributed by atoms with E-state index in [1.807, 2.05) is 6.07 Å². The number of methoxy groups -OCH3 is 1. The van der Waals surface area contributed by atoms with Gasteiger partial charge >= 0.3 is 0 Å². The standard InChI is InChI=1S/C16H22N2O/c1-12-7-8-16(19-4)15(10-12)13(2)17-11-14-6-5-9-18(14)3/h5-10,13,17H,11H2,1-4H3/t13-/m1/s1. The van der Waals surface area contributed by atoms with Gasteiger partial charge in [0.25, 0.3) is 0 Å². The average Bonchev–Trinajstić information content (AvgIpc) is 2.81. The lowest BCUT2D eigenvalue weighted by Crippen LogP contribution is -2.20. The molecule has 0 saturated carbocycles. The van der Waals surface area contributed by atoms with E-state index >= 15 is 0 Å². The Bertz CT molecular complexity index is 545. The molecule has 3 nitrogen and oxygen atoms in total. The van der Waals surface area contributed by atoms with Crippen molar-refractivity contribution in [3.63, 3.8) is 0 Å². The zero-order valence-corrected chi connectivity index (χ0v) is 12.1. The van der Waals surface area contributed by atoms with Gasteiger partial charge in [0.05, 0.1) is 7.11 Å². The Hall–Kier alpha value is -1.74. The maximum Gasteiger partial charge on any atom is 0.123 e. The minimum atomic E-state index is 0.254. The van der Waals surface area contributed by atoms with Gasteiger partial charge in [-0.1, -0.05) is 17.7 Å². The van der Waals surface area contributed by atoms with Crippen molar-refractivity contribution in [3.05, 3.63) is 53.3 Å². The molecule has 0 aliphatic heterocycles. The molecule has 0 fully saturated rings. The van der Waals surface area contributed by atoms with Crippen molar-refractivity contribution < 1.29 is 4.74 Å². The molecule has 0 bridgehead atoms. The maximum absolute atomic E-state index is 5.44. The first-order valence-electron chi connectivity index (χ1n) is 6.60. The third kappa shape index (κ3) is 3.18. The topological polar surface area (TPSA) is 26.2 Å². The molecule has 0 unspecified atom stereocenters. The monoisotopic (exact) mass is 258 g/mol. The molecule has 1 aromatic carbocycles. The molecule has 0 saturated heterocycles. The summed E-state index contributed by atoms with van der Waals surface area (Å²) in [6.07, 6.45) is 2.06. The van der Waals surface area contributed by atoms with Crippen molar-refractivity contribution in [2.24, 2.45) is 7.05 Å². The zero-order chi connectivity index (χ0) is 13.8. The van der Waals surface area contributed by atoms with Crippen molar-refractivity contribution in [1.29, 1.82) is 0 Å². The molecule has 0 radical (unpaired) electrons. The molecule has 102 valence electrons. The molecule has 1 heterocycles. The van der Waals surface area contributed by atoms with Gasteiger partial charge in [-0.2, -0.15) is 0 Å². The molecule has 1 atom stereocenters. The maximum atomic E-state index is 5.44. The fourth-order valence-electron chi connectivity index (χ4n) is 2.24. The van der Waals surface area contributed by atoms with Crippen LogP contribution in [-0.2, 0) is 13.6 Å². The predicted octanol–water partition coefficient (Wildman–Crippen LogP) is 3.19. The van der Waals surface area contributed by atoms with E-state index in [2.05, 4.69) is 61.2 Å². The van der Waals surface area contributed by atoms with Crippen LogP contribution in [0.1, 0.15) is 29.8 Å². The molecule has 0 aliphatic rings. The van der Waals surface area contributed by atoms with Gasteiger partial charge in [0, 0.05) is 37.1 Å². The lowest BCUT2D eigenvalue weighted by atomic mass is 10.0. The molecule has 1 N–H and O–H groups in total.